The molecule has 1 aliphatic heterocycles. The van der Waals surface area contributed by atoms with Gasteiger partial charge in [0, 0.05) is 0 Å². The molecule has 12 heavy (non-hydrogen) atoms. The van der Waals surface area contributed by atoms with Crippen molar-refractivity contribution in [2.24, 2.45) is 5.73 Å². The molecular weight excluding hydrogens is 172 g/mol. The van der Waals surface area contributed by atoms with E-state index in [0.29, 0.717) is 17.7 Å². The molecule has 0 amide bonds. The minimum atomic E-state index is 0.400. The van der Waals surface area contributed by atoms with E-state index in [0.717, 1.165) is 5.76 Å². The fourth-order valence-corrected chi connectivity index (χ4v) is 2.59. The van der Waals surface area contributed by atoms with Crippen molar-refractivity contribution in [1.29, 1.82) is 0 Å². The Morgan fingerprint density at radius 2 is 2.67 bits per heavy atom. The maximum absolute atomic E-state index is 5.46. The first-order valence-electron chi connectivity index (χ1n) is 4.16. The van der Waals surface area contributed by atoms with E-state index in [-0.39, 0.29) is 0 Å². The molecule has 0 spiro atoms. The molecule has 2 N–H and O–H groups in total. The summed E-state index contributed by atoms with van der Waals surface area (Å²) in [6, 6.07) is 0. The van der Waals surface area contributed by atoms with Crippen LogP contribution in [0.25, 0.3) is 0 Å². The summed E-state index contributed by atoms with van der Waals surface area (Å²) in [7, 11) is 0. The van der Waals surface area contributed by atoms with Gasteiger partial charge in [-0.15, -0.1) is 0 Å². The van der Waals surface area contributed by atoms with E-state index in [1.165, 1.54) is 18.6 Å². The van der Waals surface area contributed by atoms with Crippen molar-refractivity contribution in [2.45, 2.75) is 24.6 Å². The molecule has 1 saturated heterocycles. The second-order valence-corrected chi connectivity index (χ2v) is 4.17. The lowest BCUT2D eigenvalue weighted by Gasteiger charge is -2.01. The van der Waals surface area contributed by atoms with E-state index in [1.54, 1.807) is 0 Å². The van der Waals surface area contributed by atoms with Crippen LogP contribution in [0.3, 0.4) is 0 Å². The summed E-state index contributed by atoms with van der Waals surface area (Å²) in [4.78, 5) is 4.07. The van der Waals surface area contributed by atoms with Crippen LogP contribution in [-0.2, 0) is 6.54 Å². The van der Waals surface area contributed by atoms with Gasteiger partial charge >= 0.3 is 0 Å². The van der Waals surface area contributed by atoms with Crippen LogP contribution in [0.5, 0.6) is 0 Å². The largest absolute Gasteiger partial charge is 0.443 e. The average Bonchev–Trinajstić information content (AvgIpc) is 2.75. The van der Waals surface area contributed by atoms with E-state index < -0.39 is 0 Å². The lowest BCUT2D eigenvalue weighted by atomic mass is 10.2. The molecule has 0 aliphatic carbocycles. The van der Waals surface area contributed by atoms with Crippen molar-refractivity contribution in [1.82, 2.24) is 4.98 Å². The van der Waals surface area contributed by atoms with Crippen molar-refractivity contribution in [3.63, 3.8) is 0 Å². The Morgan fingerprint density at radius 1 is 1.75 bits per heavy atom. The average molecular weight is 184 g/mol. The van der Waals surface area contributed by atoms with Gasteiger partial charge < -0.3 is 10.2 Å². The van der Waals surface area contributed by atoms with Gasteiger partial charge in [0.15, 0.2) is 0 Å². The lowest BCUT2D eigenvalue weighted by Crippen LogP contribution is -1.95. The zero-order chi connectivity index (χ0) is 8.39. The van der Waals surface area contributed by atoms with Crippen LogP contribution in [0.4, 0.5) is 0 Å². The molecule has 1 unspecified atom stereocenters. The van der Waals surface area contributed by atoms with Crippen molar-refractivity contribution >= 4 is 11.8 Å². The van der Waals surface area contributed by atoms with Crippen LogP contribution < -0.4 is 5.73 Å². The first-order chi connectivity index (χ1) is 5.90. The third-order valence-electron chi connectivity index (χ3n) is 1.99. The normalized spacial score (nSPS) is 23.2. The smallest absolute Gasteiger partial charge is 0.208 e. The van der Waals surface area contributed by atoms with E-state index in [4.69, 9.17) is 10.2 Å². The Hall–Kier alpha value is -0.480. The van der Waals surface area contributed by atoms with Crippen LogP contribution in [0.1, 0.15) is 29.7 Å². The molecule has 0 aromatic carbocycles. The summed E-state index contributed by atoms with van der Waals surface area (Å²) in [5.41, 5.74) is 5.40. The Morgan fingerprint density at radius 3 is 3.25 bits per heavy atom. The van der Waals surface area contributed by atoms with Crippen molar-refractivity contribution < 1.29 is 4.42 Å². The highest BCUT2D eigenvalue weighted by Gasteiger charge is 2.21. The van der Waals surface area contributed by atoms with Crippen LogP contribution in [0.2, 0.25) is 0 Å². The second-order valence-electron chi connectivity index (χ2n) is 2.86. The number of hydrogen-bond acceptors (Lipinski definition) is 4. The predicted molar refractivity (Wildman–Crippen MR) is 48.8 cm³/mol. The van der Waals surface area contributed by atoms with Crippen molar-refractivity contribution in [3.05, 3.63) is 17.8 Å². The van der Waals surface area contributed by atoms with E-state index in [9.17, 15) is 0 Å². The SMILES string of the molecule is NCc1ncc(C2CCCS2)o1. The van der Waals surface area contributed by atoms with Gasteiger partial charge in [0.2, 0.25) is 5.89 Å². The highest BCUT2D eigenvalue weighted by Crippen LogP contribution is 2.39. The zero-order valence-corrected chi connectivity index (χ0v) is 7.64. The van der Waals surface area contributed by atoms with Gasteiger partial charge in [-0.2, -0.15) is 11.8 Å². The summed E-state index contributed by atoms with van der Waals surface area (Å²) in [6.07, 6.45) is 4.31. The van der Waals surface area contributed by atoms with E-state index in [2.05, 4.69) is 4.98 Å². The summed E-state index contributed by atoms with van der Waals surface area (Å²) in [6.45, 7) is 0.400. The van der Waals surface area contributed by atoms with Crippen molar-refractivity contribution in [3.8, 4) is 0 Å². The fourth-order valence-electron chi connectivity index (χ4n) is 1.37. The first-order valence-corrected chi connectivity index (χ1v) is 5.21. The minimum absolute atomic E-state index is 0.400. The Kier molecular flexibility index (Phi) is 2.37. The molecule has 0 saturated carbocycles. The van der Waals surface area contributed by atoms with Gasteiger partial charge in [0.05, 0.1) is 18.0 Å². The number of aromatic nitrogens is 1. The number of thioether (sulfide) groups is 1. The van der Waals surface area contributed by atoms with Gasteiger partial charge in [-0.25, -0.2) is 4.98 Å². The van der Waals surface area contributed by atoms with Crippen LogP contribution in [-0.4, -0.2) is 10.7 Å². The number of nitrogens with two attached hydrogens (primary N) is 1. The third kappa shape index (κ3) is 1.49. The van der Waals surface area contributed by atoms with Gasteiger partial charge in [0.25, 0.3) is 0 Å². The van der Waals surface area contributed by atoms with Crippen LogP contribution in [0.15, 0.2) is 10.6 Å². The Balaban J connectivity index is 2.11. The van der Waals surface area contributed by atoms with Gasteiger partial charge in [0.1, 0.15) is 5.76 Å². The molecule has 1 atom stereocenters. The molecule has 4 heteroatoms. The van der Waals surface area contributed by atoms with Gasteiger partial charge in [-0.3, -0.25) is 0 Å². The van der Waals surface area contributed by atoms with Gasteiger partial charge in [-0.05, 0) is 18.6 Å². The monoisotopic (exact) mass is 184 g/mol. The quantitative estimate of drug-likeness (QED) is 0.760. The predicted octanol–water partition coefficient (Wildman–Crippen LogP) is 1.70. The van der Waals surface area contributed by atoms with Crippen LogP contribution in [0, 0.1) is 0 Å². The Labute approximate surface area is 75.7 Å². The van der Waals surface area contributed by atoms with Crippen LogP contribution >= 0.6 is 11.8 Å². The highest BCUT2D eigenvalue weighted by molar-refractivity contribution is 7.99. The number of oxazole rings is 1. The summed E-state index contributed by atoms with van der Waals surface area (Å²) < 4.78 is 5.46. The second kappa shape index (κ2) is 3.49. The molecule has 3 nitrogen and oxygen atoms in total. The summed E-state index contributed by atoms with van der Waals surface area (Å²) >= 11 is 1.94. The van der Waals surface area contributed by atoms with E-state index in [1.807, 2.05) is 18.0 Å². The molecular formula is C8H12N2OS. The zero-order valence-electron chi connectivity index (χ0n) is 6.82. The molecule has 0 radical (unpaired) electrons. The lowest BCUT2D eigenvalue weighted by molar-refractivity contribution is 0.451. The minimum Gasteiger partial charge on any atom is -0.443 e. The molecule has 1 aliphatic rings. The molecule has 2 rings (SSSR count). The number of nitrogens with zero attached hydrogens (tertiary/aromatic N) is 1. The highest BCUT2D eigenvalue weighted by atomic mass is 32.2. The van der Waals surface area contributed by atoms with E-state index >= 15 is 0 Å². The molecule has 2 heterocycles. The first kappa shape index (κ1) is 8.13. The maximum Gasteiger partial charge on any atom is 0.208 e. The molecule has 1 aromatic heterocycles. The fraction of sp³-hybridized carbons (Fsp3) is 0.625. The summed E-state index contributed by atoms with van der Waals surface area (Å²) in [5.74, 6) is 2.89. The summed E-state index contributed by atoms with van der Waals surface area (Å²) in [5, 5.41) is 0.526. The third-order valence-corrected chi connectivity index (χ3v) is 3.39. The van der Waals surface area contributed by atoms with Gasteiger partial charge in [-0.1, -0.05) is 0 Å². The van der Waals surface area contributed by atoms with Crippen molar-refractivity contribution in [2.75, 3.05) is 5.75 Å². The Bertz CT molecular complexity index is 255. The molecule has 1 fully saturated rings. The molecule has 0 bridgehead atoms. The molecule has 1 aromatic rings. The standard InChI is InChI=1S/C8H12N2OS/c9-4-8-10-5-6(11-8)7-2-1-3-12-7/h5,7H,1-4,9H2. The topological polar surface area (TPSA) is 52.0 Å². The number of rotatable bonds is 2. The number of hydrogen-bond donors (Lipinski definition) is 1. The molecule has 66 valence electrons. The maximum atomic E-state index is 5.46.